The third-order valence-electron chi connectivity index (χ3n) is 13.3. The number of aromatic nitrogens is 2. The summed E-state index contributed by atoms with van der Waals surface area (Å²) in [5, 5.41) is 12.8. The maximum Gasteiger partial charge on any atom is 0.0541 e. The van der Waals surface area contributed by atoms with Gasteiger partial charge in [-0.3, -0.25) is 0 Å². The largest absolute Gasteiger partial charge is 0.309 e. The van der Waals surface area contributed by atoms with E-state index in [9.17, 15) is 0 Å². The molecule has 0 fully saturated rings. The van der Waals surface area contributed by atoms with Crippen LogP contribution < -0.4 is 0 Å². The summed E-state index contributed by atoms with van der Waals surface area (Å²) in [6.07, 6.45) is 0. The van der Waals surface area contributed by atoms with Crippen LogP contribution >= 0.6 is 0 Å². The highest BCUT2D eigenvalue weighted by molar-refractivity contribution is 6.30. The summed E-state index contributed by atoms with van der Waals surface area (Å²) in [5.74, 6) is 0. The Hall–Kier alpha value is -7.94. The van der Waals surface area contributed by atoms with Gasteiger partial charge >= 0.3 is 0 Å². The Kier molecular flexibility index (Phi) is 7.26. The van der Waals surface area contributed by atoms with Crippen molar-refractivity contribution in [1.82, 2.24) is 9.13 Å². The number of hydrogen-bond donors (Lipinski definition) is 0. The highest BCUT2D eigenvalue weighted by Gasteiger charge is 2.20. The Bertz CT molecular complexity index is 3750. The zero-order valence-corrected chi connectivity index (χ0v) is 33.6. The first-order valence-corrected chi connectivity index (χ1v) is 21.2. The molecule has 284 valence electrons. The van der Waals surface area contributed by atoms with E-state index >= 15 is 0 Å². The molecule has 13 rings (SSSR count). The van der Waals surface area contributed by atoms with Crippen LogP contribution in [0.5, 0.6) is 0 Å². The van der Waals surface area contributed by atoms with E-state index in [-0.39, 0.29) is 0 Å². The Morgan fingerprint density at radius 3 is 1.21 bits per heavy atom. The third-order valence-corrected chi connectivity index (χ3v) is 13.3. The second kappa shape index (κ2) is 13.0. The summed E-state index contributed by atoms with van der Waals surface area (Å²) >= 11 is 0. The first kappa shape index (κ1) is 34.0. The maximum absolute atomic E-state index is 2.44. The van der Waals surface area contributed by atoms with Crippen LogP contribution in [0.25, 0.3) is 121 Å². The molecule has 2 heterocycles. The van der Waals surface area contributed by atoms with Gasteiger partial charge in [0.1, 0.15) is 0 Å². The van der Waals surface area contributed by atoms with Crippen LogP contribution in [0.4, 0.5) is 0 Å². The fourth-order valence-electron chi connectivity index (χ4n) is 10.5. The van der Waals surface area contributed by atoms with Crippen LogP contribution in [0.15, 0.2) is 212 Å². The van der Waals surface area contributed by atoms with Crippen LogP contribution in [-0.4, -0.2) is 9.13 Å². The van der Waals surface area contributed by atoms with E-state index in [1.807, 2.05) is 0 Å². The van der Waals surface area contributed by atoms with Crippen molar-refractivity contribution in [3.05, 3.63) is 218 Å². The predicted molar refractivity (Wildman–Crippen MR) is 260 cm³/mol. The van der Waals surface area contributed by atoms with E-state index in [1.54, 1.807) is 0 Å². The third kappa shape index (κ3) is 4.97. The molecule has 0 aliphatic heterocycles. The van der Waals surface area contributed by atoms with Gasteiger partial charge in [0.25, 0.3) is 0 Å². The van der Waals surface area contributed by atoms with E-state index < -0.39 is 0 Å². The van der Waals surface area contributed by atoms with Crippen molar-refractivity contribution in [2.75, 3.05) is 0 Å². The Morgan fingerprint density at radius 1 is 0.279 bits per heavy atom. The van der Waals surface area contributed by atoms with E-state index in [0.29, 0.717) is 0 Å². The highest BCUT2D eigenvalue weighted by atomic mass is 15.0. The van der Waals surface area contributed by atoms with Crippen molar-refractivity contribution >= 4 is 75.9 Å². The maximum atomic E-state index is 2.44. The topological polar surface area (TPSA) is 9.86 Å². The Balaban J connectivity index is 0.998. The normalized spacial score (nSPS) is 12.0. The van der Waals surface area contributed by atoms with Crippen molar-refractivity contribution in [2.45, 2.75) is 6.92 Å². The molecule has 2 nitrogen and oxygen atoms in total. The number of benzene rings is 11. The fourth-order valence-corrected chi connectivity index (χ4v) is 10.5. The Morgan fingerprint density at radius 2 is 0.689 bits per heavy atom. The number of fused-ring (bicyclic) bond motifs is 6. The second-order valence-electron chi connectivity index (χ2n) is 16.5. The molecule has 2 aromatic heterocycles. The van der Waals surface area contributed by atoms with E-state index in [0.717, 1.165) is 11.4 Å². The molecule has 0 radical (unpaired) electrons. The van der Waals surface area contributed by atoms with Crippen LogP contribution in [0.3, 0.4) is 0 Å². The van der Waals surface area contributed by atoms with Crippen molar-refractivity contribution < 1.29 is 0 Å². The van der Waals surface area contributed by atoms with E-state index in [1.165, 1.54) is 115 Å². The first-order chi connectivity index (χ1) is 30.2. The summed E-state index contributed by atoms with van der Waals surface area (Å²) in [4.78, 5) is 0. The minimum atomic E-state index is 1.16. The molecule has 0 aliphatic rings. The van der Waals surface area contributed by atoms with Gasteiger partial charge in [-0.2, -0.15) is 0 Å². The molecule has 13 aromatic rings. The van der Waals surface area contributed by atoms with Gasteiger partial charge in [-0.05, 0) is 133 Å². The molecule has 0 amide bonds. The fraction of sp³-hybridized carbons (Fsp3) is 0.0169. The lowest BCUT2D eigenvalue weighted by atomic mass is 9.83. The quantitative estimate of drug-likeness (QED) is 0.154. The van der Waals surface area contributed by atoms with Gasteiger partial charge in [-0.25, -0.2) is 0 Å². The van der Waals surface area contributed by atoms with Gasteiger partial charge in [0, 0.05) is 32.9 Å². The lowest BCUT2D eigenvalue weighted by Crippen LogP contribution is -1.95. The molecular weight excluding hydrogens is 737 g/mol. The van der Waals surface area contributed by atoms with Gasteiger partial charge in [-0.15, -0.1) is 0 Å². The minimum absolute atomic E-state index is 1.16. The molecule has 61 heavy (non-hydrogen) atoms. The molecule has 0 N–H and O–H groups in total. The zero-order valence-electron chi connectivity index (χ0n) is 33.6. The lowest BCUT2D eigenvalue weighted by Gasteiger charge is -2.20. The predicted octanol–water partition coefficient (Wildman–Crippen LogP) is 16.1. The lowest BCUT2D eigenvalue weighted by molar-refractivity contribution is 1.18. The highest BCUT2D eigenvalue weighted by Crippen LogP contribution is 2.47. The average Bonchev–Trinajstić information content (AvgIpc) is 3.84. The molecule has 0 aliphatic carbocycles. The van der Waals surface area contributed by atoms with Gasteiger partial charge in [0.15, 0.2) is 0 Å². The SMILES string of the molecule is Cc1ccccc1-c1cc(-c2ccc(-n3c4ccccc4c4ccccc43)cc2)c2ccc3ccc(-c4ccc(-n5c6ccccc6c6ccccc65)cc4)c4ccc1c2c34. The number of hydrogen-bond acceptors (Lipinski definition) is 0. The number of aryl methyl sites for hydroxylation is 1. The van der Waals surface area contributed by atoms with E-state index in [4.69, 9.17) is 0 Å². The zero-order chi connectivity index (χ0) is 40.2. The molecule has 0 atom stereocenters. The monoisotopic (exact) mass is 774 g/mol. The van der Waals surface area contributed by atoms with Gasteiger partial charge in [-0.1, -0.05) is 158 Å². The van der Waals surface area contributed by atoms with Crippen LogP contribution in [0, 0.1) is 6.92 Å². The minimum Gasteiger partial charge on any atom is -0.309 e. The summed E-state index contributed by atoms with van der Waals surface area (Å²) in [5.41, 5.74) is 15.9. The molecule has 2 heteroatoms. The van der Waals surface area contributed by atoms with Crippen LogP contribution in [-0.2, 0) is 0 Å². The Labute approximate surface area is 353 Å². The number of nitrogens with zero attached hydrogens (tertiary/aromatic N) is 2. The molecule has 0 bridgehead atoms. The van der Waals surface area contributed by atoms with Gasteiger partial charge in [0.2, 0.25) is 0 Å². The number of rotatable bonds is 5. The number of para-hydroxylation sites is 4. The van der Waals surface area contributed by atoms with Crippen molar-refractivity contribution in [2.24, 2.45) is 0 Å². The molecule has 0 saturated heterocycles. The van der Waals surface area contributed by atoms with Crippen molar-refractivity contribution in [1.29, 1.82) is 0 Å². The standard InChI is InChI=1S/C59H38N2/c1-37-12-2-3-13-43(37)53-36-52(39-24-30-42(31-25-39)61-56-20-10-6-16-47(56)48-17-7-11-21-57(48)61)50-33-27-40-26-32-44(49-34-35-51(53)59(50)58(40)49)38-22-28-41(29-23-38)60-54-18-8-4-14-45(54)46-15-5-9-19-55(46)60/h2-36H,1H3. The average molecular weight is 775 g/mol. The first-order valence-electron chi connectivity index (χ1n) is 21.2. The second-order valence-corrected chi connectivity index (χ2v) is 16.5. The molecule has 0 unspecified atom stereocenters. The van der Waals surface area contributed by atoms with Crippen molar-refractivity contribution in [3.63, 3.8) is 0 Å². The van der Waals surface area contributed by atoms with E-state index in [2.05, 4.69) is 228 Å². The smallest absolute Gasteiger partial charge is 0.0541 e. The van der Waals surface area contributed by atoms with Gasteiger partial charge in [0.05, 0.1) is 22.1 Å². The van der Waals surface area contributed by atoms with Crippen LogP contribution in [0.1, 0.15) is 5.56 Å². The molecule has 11 aromatic carbocycles. The molecular formula is C59H38N2. The van der Waals surface area contributed by atoms with Crippen molar-refractivity contribution in [3.8, 4) is 44.8 Å². The van der Waals surface area contributed by atoms with Gasteiger partial charge < -0.3 is 9.13 Å². The van der Waals surface area contributed by atoms with Crippen LogP contribution in [0.2, 0.25) is 0 Å². The molecule has 0 spiro atoms. The summed E-state index contributed by atoms with van der Waals surface area (Å²) in [6, 6.07) is 78.6. The summed E-state index contributed by atoms with van der Waals surface area (Å²) < 4.78 is 4.79. The molecule has 0 saturated carbocycles. The summed E-state index contributed by atoms with van der Waals surface area (Å²) in [6.45, 7) is 2.23. The summed E-state index contributed by atoms with van der Waals surface area (Å²) in [7, 11) is 0.